The lowest BCUT2D eigenvalue weighted by molar-refractivity contribution is -0.0900. The van der Waals surface area contributed by atoms with Crippen molar-refractivity contribution >= 4 is 0 Å². The molecule has 0 aromatic carbocycles. The number of rotatable bonds is 2. The predicted molar refractivity (Wildman–Crippen MR) is 98.8 cm³/mol. The van der Waals surface area contributed by atoms with E-state index in [0.717, 1.165) is 19.7 Å². The second-order valence-corrected chi connectivity index (χ2v) is 10.4. The smallest absolute Gasteiger partial charge is 0.0750 e. The molecule has 23 heavy (non-hydrogen) atoms. The first-order valence-electron chi connectivity index (χ1n) is 9.47. The number of likely N-dealkylation sites (N-methyl/N-ethyl adjacent to an activating group) is 1. The molecule has 0 saturated carbocycles. The summed E-state index contributed by atoms with van der Waals surface area (Å²) in [7, 11) is 2.31. The van der Waals surface area contributed by atoms with Gasteiger partial charge < -0.3 is 9.64 Å². The van der Waals surface area contributed by atoms with E-state index in [2.05, 4.69) is 65.3 Å². The first-order chi connectivity index (χ1) is 10.4. The molecule has 3 nitrogen and oxygen atoms in total. The molecule has 0 radical (unpaired) electrons. The van der Waals surface area contributed by atoms with Crippen molar-refractivity contribution in [1.29, 1.82) is 0 Å². The van der Waals surface area contributed by atoms with Crippen LogP contribution in [-0.2, 0) is 4.74 Å². The highest BCUT2D eigenvalue weighted by Gasteiger charge is 2.43. The van der Waals surface area contributed by atoms with Gasteiger partial charge in [0, 0.05) is 25.7 Å². The second kappa shape index (κ2) is 6.65. The van der Waals surface area contributed by atoms with Gasteiger partial charge in [0.25, 0.3) is 0 Å². The Labute approximate surface area is 144 Å². The highest BCUT2D eigenvalue weighted by Crippen LogP contribution is 2.48. The van der Waals surface area contributed by atoms with Gasteiger partial charge in [-0.2, -0.15) is 0 Å². The molecule has 0 N–H and O–H groups in total. The number of ether oxygens (including phenoxy) is 1. The van der Waals surface area contributed by atoms with Gasteiger partial charge in [0.2, 0.25) is 0 Å². The fourth-order valence-electron chi connectivity index (χ4n) is 3.96. The van der Waals surface area contributed by atoms with Crippen LogP contribution in [0.15, 0.2) is 0 Å². The molecular weight excluding hydrogens is 284 g/mol. The molecule has 2 aliphatic heterocycles. The van der Waals surface area contributed by atoms with Crippen LogP contribution >= 0.6 is 0 Å². The van der Waals surface area contributed by atoms with E-state index in [-0.39, 0.29) is 5.41 Å². The van der Waals surface area contributed by atoms with E-state index < -0.39 is 0 Å². The van der Waals surface area contributed by atoms with Crippen molar-refractivity contribution in [2.24, 2.45) is 16.2 Å². The number of likely N-dealkylation sites (tertiary alicyclic amines) is 1. The second-order valence-electron chi connectivity index (χ2n) is 10.4. The first kappa shape index (κ1) is 19.2. The SMILES string of the molecule is CN1CCC(C)(C(C)(C)C)CC1CN1CCOC(C(C)(C)C)C1. The van der Waals surface area contributed by atoms with Crippen molar-refractivity contribution in [2.45, 2.75) is 73.5 Å². The van der Waals surface area contributed by atoms with Gasteiger partial charge in [0.15, 0.2) is 0 Å². The lowest BCUT2D eigenvalue weighted by Gasteiger charge is -2.52. The van der Waals surface area contributed by atoms with Gasteiger partial charge in [0.1, 0.15) is 0 Å². The van der Waals surface area contributed by atoms with E-state index in [1.54, 1.807) is 0 Å². The average Bonchev–Trinajstić information content (AvgIpc) is 2.41. The van der Waals surface area contributed by atoms with Crippen molar-refractivity contribution in [2.75, 3.05) is 39.8 Å². The minimum absolute atomic E-state index is 0.233. The van der Waals surface area contributed by atoms with Gasteiger partial charge in [-0.3, -0.25) is 4.90 Å². The van der Waals surface area contributed by atoms with Gasteiger partial charge in [0.05, 0.1) is 12.7 Å². The third-order valence-corrected chi connectivity index (χ3v) is 6.72. The summed E-state index contributed by atoms with van der Waals surface area (Å²) < 4.78 is 6.03. The number of piperidine rings is 1. The maximum atomic E-state index is 6.03. The maximum absolute atomic E-state index is 6.03. The minimum atomic E-state index is 0.233. The summed E-state index contributed by atoms with van der Waals surface area (Å²) in [4.78, 5) is 5.24. The Hall–Kier alpha value is -0.120. The van der Waals surface area contributed by atoms with Gasteiger partial charge in [-0.15, -0.1) is 0 Å². The van der Waals surface area contributed by atoms with Gasteiger partial charge >= 0.3 is 0 Å². The Kier molecular flexibility index (Phi) is 5.55. The lowest BCUT2D eigenvalue weighted by Crippen LogP contribution is -2.56. The van der Waals surface area contributed by atoms with Gasteiger partial charge in [-0.1, -0.05) is 48.5 Å². The molecule has 0 amide bonds. The van der Waals surface area contributed by atoms with Crippen LogP contribution in [0.2, 0.25) is 0 Å². The summed E-state index contributed by atoms with van der Waals surface area (Å²) in [6, 6.07) is 0.673. The minimum Gasteiger partial charge on any atom is -0.375 e. The number of morpholine rings is 1. The van der Waals surface area contributed by atoms with Crippen LogP contribution in [0.25, 0.3) is 0 Å². The van der Waals surface area contributed by atoms with Gasteiger partial charge in [-0.25, -0.2) is 0 Å². The normalized spacial score (nSPS) is 35.5. The summed E-state index contributed by atoms with van der Waals surface area (Å²) in [5.41, 5.74) is 1.06. The molecule has 0 aliphatic carbocycles. The molecule has 2 rings (SSSR count). The Balaban J connectivity index is 2.00. The maximum Gasteiger partial charge on any atom is 0.0750 e. The Bertz CT molecular complexity index is 395. The predicted octanol–water partition coefficient (Wildman–Crippen LogP) is 3.88. The van der Waals surface area contributed by atoms with Gasteiger partial charge in [-0.05, 0) is 42.7 Å². The quantitative estimate of drug-likeness (QED) is 0.766. The molecule has 0 aromatic heterocycles. The van der Waals surface area contributed by atoms with Crippen LogP contribution in [0.4, 0.5) is 0 Å². The molecule has 2 fully saturated rings. The first-order valence-corrected chi connectivity index (χ1v) is 9.47. The monoisotopic (exact) mass is 324 g/mol. The zero-order valence-corrected chi connectivity index (χ0v) is 16.9. The van der Waals surface area contributed by atoms with Crippen molar-refractivity contribution in [3.8, 4) is 0 Å². The number of hydrogen-bond donors (Lipinski definition) is 0. The van der Waals surface area contributed by atoms with Crippen molar-refractivity contribution in [3.05, 3.63) is 0 Å². The van der Waals surface area contributed by atoms with E-state index in [1.165, 1.54) is 25.9 Å². The van der Waals surface area contributed by atoms with Crippen LogP contribution in [-0.4, -0.2) is 61.8 Å². The van der Waals surface area contributed by atoms with Crippen molar-refractivity contribution < 1.29 is 4.74 Å². The largest absolute Gasteiger partial charge is 0.375 e. The Morgan fingerprint density at radius 1 is 1.09 bits per heavy atom. The fourth-order valence-corrected chi connectivity index (χ4v) is 3.96. The number of hydrogen-bond acceptors (Lipinski definition) is 3. The summed E-state index contributed by atoms with van der Waals surface area (Å²) in [5.74, 6) is 0. The van der Waals surface area contributed by atoms with E-state index in [1.807, 2.05) is 0 Å². The zero-order valence-electron chi connectivity index (χ0n) is 16.9. The Morgan fingerprint density at radius 2 is 1.74 bits per heavy atom. The van der Waals surface area contributed by atoms with Crippen LogP contribution in [0, 0.1) is 16.2 Å². The third-order valence-electron chi connectivity index (χ3n) is 6.72. The van der Waals surface area contributed by atoms with Crippen LogP contribution in [0.1, 0.15) is 61.3 Å². The number of nitrogens with zero attached hydrogens (tertiary/aromatic N) is 2. The summed E-state index contributed by atoms with van der Waals surface area (Å²) in [6.45, 7) is 22.1. The average molecular weight is 325 g/mol. The fraction of sp³-hybridized carbons (Fsp3) is 1.00. The molecule has 0 aromatic rings. The summed E-state index contributed by atoms with van der Waals surface area (Å²) >= 11 is 0. The molecule has 2 aliphatic rings. The summed E-state index contributed by atoms with van der Waals surface area (Å²) in [6.07, 6.45) is 2.99. The molecule has 0 spiro atoms. The molecular formula is C20H40N2O. The van der Waals surface area contributed by atoms with Crippen molar-refractivity contribution in [1.82, 2.24) is 9.80 Å². The van der Waals surface area contributed by atoms with E-state index in [0.29, 0.717) is 23.0 Å². The molecule has 2 saturated heterocycles. The Morgan fingerprint density at radius 3 is 2.30 bits per heavy atom. The molecule has 136 valence electrons. The summed E-state index contributed by atoms with van der Waals surface area (Å²) in [5, 5.41) is 0. The highest BCUT2D eigenvalue weighted by atomic mass is 16.5. The molecule has 0 bridgehead atoms. The molecule has 3 unspecified atom stereocenters. The lowest BCUT2D eigenvalue weighted by atomic mass is 9.61. The zero-order chi connectivity index (χ0) is 17.5. The molecule has 3 heteroatoms. The van der Waals surface area contributed by atoms with E-state index in [9.17, 15) is 0 Å². The highest BCUT2D eigenvalue weighted by molar-refractivity contribution is 4.96. The molecule has 2 heterocycles. The topological polar surface area (TPSA) is 15.7 Å². The van der Waals surface area contributed by atoms with Crippen molar-refractivity contribution in [3.63, 3.8) is 0 Å². The van der Waals surface area contributed by atoms with Crippen LogP contribution < -0.4 is 0 Å². The third kappa shape index (κ3) is 4.49. The molecule has 3 atom stereocenters. The van der Waals surface area contributed by atoms with E-state index >= 15 is 0 Å². The standard InChI is InChI=1S/C20H40N2O/c1-18(2,3)17-15-22(11-12-23-17)14-16-13-20(7,19(4,5)6)9-10-21(16)8/h16-17H,9-15H2,1-8H3. The van der Waals surface area contributed by atoms with E-state index in [4.69, 9.17) is 4.74 Å². The van der Waals surface area contributed by atoms with Crippen LogP contribution in [0.5, 0.6) is 0 Å². The van der Waals surface area contributed by atoms with Crippen LogP contribution in [0.3, 0.4) is 0 Å².